The summed E-state index contributed by atoms with van der Waals surface area (Å²) in [7, 11) is 0. The number of hydrogen-bond acceptors (Lipinski definition) is 3. The van der Waals surface area contributed by atoms with Gasteiger partial charge in [-0.2, -0.15) is 0 Å². The number of nitrogens with zero attached hydrogens (tertiary/aromatic N) is 1. The van der Waals surface area contributed by atoms with Gasteiger partial charge in [0.15, 0.2) is 11.5 Å². The molecule has 0 amide bonds. The first kappa shape index (κ1) is 8.97. The van der Waals surface area contributed by atoms with E-state index in [0.29, 0.717) is 13.2 Å². The molecule has 4 heteroatoms. The monoisotopic (exact) mass is 265 g/mol. The molecule has 76 valence electrons. The number of fused-ring (bicyclic) bond motifs is 3. The first-order valence-corrected chi connectivity index (χ1v) is 5.48. The van der Waals surface area contributed by atoms with Gasteiger partial charge in [0.25, 0.3) is 0 Å². The molecule has 0 spiro atoms. The van der Waals surface area contributed by atoms with Crippen LogP contribution in [0.2, 0.25) is 0 Å². The summed E-state index contributed by atoms with van der Waals surface area (Å²) in [6, 6.07) is 5.92. The lowest BCUT2D eigenvalue weighted by atomic mass is 10.2. The molecule has 0 radical (unpaired) electrons. The normalized spacial score (nSPS) is 14.2. The van der Waals surface area contributed by atoms with Crippen LogP contribution in [0.15, 0.2) is 28.9 Å². The lowest BCUT2D eigenvalue weighted by Gasteiger charge is -2.19. The third-order valence-electron chi connectivity index (χ3n) is 2.34. The van der Waals surface area contributed by atoms with Crippen molar-refractivity contribution < 1.29 is 9.47 Å². The van der Waals surface area contributed by atoms with Crippen LogP contribution in [-0.4, -0.2) is 18.2 Å². The van der Waals surface area contributed by atoms with E-state index in [0.717, 1.165) is 26.9 Å². The van der Waals surface area contributed by atoms with Crippen LogP contribution in [0.5, 0.6) is 11.5 Å². The summed E-state index contributed by atoms with van der Waals surface area (Å²) in [5, 5.41) is 0.988. The molecule has 1 aliphatic heterocycles. The maximum Gasteiger partial charge on any atom is 0.180 e. The summed E-state index contributed by atoms with van der Waals surface area (Å²) in [5.41, 5.74) is 0.919. The maximum atomic E-state index is 5.61. The fourth-order valence-electron chi connectivity index (χ4n) is 1.67. The molecule has 0 N–H and O–H groups in total. The maximum absolute atomic E-state index is 5.61. The van der Waals surface area contributed by atoms with Crippen molar-refractivity contribution >= 4 is 26.8 Å². The first-order valence-electron chi connectivity index (χ1n) is 4.68. The molecule has 1 aromatic heterocycles. The average molecular weight is 266 g/mol. The van der Waals surface area contributed by atoms with E-state index in [4.69, 9.17) is 9.47 Å². The van der Waals surface area contributed by atoms with E-state index in [9.17, 15) is 0 Å². The average Bonchev–Trinajstić information content (AvgIpc) is 2.29. The molecule has 0 saturated carbocycles. The first-order chi connectivity index (χ1) is 7.34. The second kappa shape index (κ2) is 3.38. The van der Waals surface area contributed by atoms with Crippen molar-refractivity contribution in [1.29, 1.82) is 0 Å². The van der Waals surface area contributed by atoms with Gasteiger partial charge in [-0.3, -0.25) is 4.98 Å². The summed E-state index contributed by atoms with van der Waals surface area (Å²) < 4.78 is 12.1. The quantitative estimate of drug-likeness (QED) is 0.734. The van der Waals surface area contributed by atoms with Gasteiger partial charge in [0.1, 0.15) is 13.2 Å². The molecule has 15 heavy (non-hydrogen) atoms. The number of pyridine rings is 1. The van der Waals surface area contributed by atoms with Gasteiger partial charge in [-0.15, -0.1) is 0 Å². The van der Waals surface area contributed by atoms with Gasteiger partial charge in [0.05, 0.1) is 11.7 Å². The Bertz CT molecular complexity index is 527. The fraction of sp³-hybridized carbons (Fsp3) is 0.182. The zero-order chi connectivity index (χ0) is 10.3. The van der Waals surface area contributed by atoms with Crippen LogP contribution < -0.4 is 9.47 Å². The molecule has 0 aliphatic carbocycles. The molecule has 1 aromatic carbocycles. The van der Waals surface area contributed by atoms with Crippen molar-refractivity contribution in [2.75, 3.05) is 13.2 Å². The van der Waals surface area contributed by atoms with Gasteiger partial charge in [0.2, 0.25) is 0 Å². The lowest BCUT2D eigenvalue weighted by molar-refractivity contribution is 0.173. The van der Waals surface area contributed by atoms with Crippen molar-refractivity contribution in [2.45, 2.75) is 0 Å². The van der Waals surface area contributed by atoms with E-state index in [1.54, 1.807) is 6.20 Å². The van der Waals surface area contributed by atoms with E-state index < -0.39 is 0 Å². The summed E-state index contributed by atoms with van der Waals surface area (Å²) >= 11 is 3.44. The molecule has 2 heterocycles. The van der Waals surface area contributed by atoms with Crippen LogP contribution in [0.1, 0.15) is 0 Å². The summed E-state index contributed by atoms with van der Waals surface area (Å²) in [6.45, 7) is 1.19. The number of hydrogen-bond donors (Lipinski definition) is 0. The summed E-state index contributed by atoms with van der Waals surface area (Å²) in [6.07, 6.45) is 1.71. The minimum atomic E-state index is 0.591. The minimum Gasteiger partial charge on any atom is -0.485 e. The van der Waals surface area contributed by atoms with Gasteiger partial charge in [-0.1, -0.05) is 15.9 Å². The van der Waals surface area contributed by atoms with Crippen molar-refractivity contribution in [1.82, 2.24) is 4.98 Å². The molecule has 1 aliphatic rings. The second-order valence-electron chi connectivity index (χ2n) is 3.31. The highest BCUT2D eigenvalue weighted by Crippen LogP contribution is 2.37. The Kier molecular flexibility index (Phi) is 2.02. The molecular weight excluding hydrogens is 258 g/mol. The molecular formula is C11H8BrNO2. The van der Waals surface area contributed by atoms with Gasteiger partial charge in [-0.25, -0.2) is 0 Å². The highest BCUT2D eigenvalue weighted by molar-refractivity contribution is 9.10. The van der Waals surface area contributed by atoms with Crippen molar-refractivity contribution in [2.24, 2.45) is 0 Å². The van der Waals surface area contributed by atoms with E-state index in [2.05, 4.69) is 20.9 Å². The predicted molar refractivity (Wildman–Crippen MR) is 60.4 cm³/mol. The smallest absolute Gasteiger partial charge is 0.180 e. The third-order valence-corrected chi connectivity index (χ3v) is 2.83. The molecule has 0 unspecified atom stereocenters. The van der Waals surface area contributed by atoms with Crippen LogP contribution in [0.3, 0.4) is 0 Å². The van der Waals surface area contributed by atoms with E-state index in [-0.39, 0.29) is 0 Å². The SMILES string of the molecule is Brc1ccc2ncc3c(c2c1)OCCO3. The van der Waals surface area contributed by atoms with Crippen molar-refractivity contribution in [3.8, 4) is 11.5 Å². The van der Waals surface area contributed by atoms with Gasteiger partial charge < -0.3 is 9.47 Å². The Labute approximate surface area is 95.2 Å². The molecule has 2 aromatic rings. The van der Waals surface area contributed by atoms with Crippen LogP contribution in [-0.2, 0) is 0 Å². The Morgan fingerprint density at radius 2 is 2.07 bits per heavy atom. The van der Waals surface area contributed by atoms with Crippen LogP contribution >= 0.6 is 15.9 Å². The minimum absolute atomic E-state index is 0.591. The van der Waals surface area contributed by atoms with Gasteiger partial charge >= 0.3 is 0 Å². The van der Waals surface area contributed by atoms with Crippen molar-refractivity contribution in [3.05, 3.63) is 28.9 Å². The van der Waals surface area contributed by atoms with E-state index in [1.807, 2.05) is 18.2 Å². The zero-order valence-electron chi connectivity index (χ0n) is 7.87. The largest absolute Gasteiger partial charge is 0.485 e. The van der Waals surface area contributed by atoms with E-state index >= 15 is 0 Å². The predicted octanol–water partition coefficient (Wildman–Crippen LogP) is 2.77. The number of rotatable bonds is 0. The highest BCUT2D eigenvalue weighted by atomic mass is 79.9. The van der Waals surface area contributed by atoms with Gasteiger partial charge in [0, 0.05) is 9.86 Å². The Balaban J connectivity index is 2.34. The molecule has 0 fully saturated rings. The molecule has 0 atom stereocenters. The summed E-state index contributed by atoms with van der Waals surface area (Å²) in [4.78, 5) is 4.31. The molecule has 3 nitrogen and oxygen atoms in total. The number of benzene rings is 1. The Morgan fingerprint density at radius 3 is 3.00 bits per heavy atom. The highest BCUT2D eigenvalue weighted by Gasteiger charge is 2.15. The third kappa shape index (κ3) is 1.45. The lowest BCUT2D eigenvalue weighted by Crippen LogP contribution is -2.15. The van der Waals surface area contributed by atoms with Gasteiger partial charge in [-0.05, 0) is 18.2 Å². The van der Waals surface area contributed by atoms with Crippen LogP contribution in [0, 0.1) is 0 Å². The summed E-state index contributed by atoms with van der Waals surface area (Å²) in [5.74, 6) is 1.53. The Hall–Kier alpha value is -1.29. The Morgan fingerprint density at radius 1 is 1.20 bits per heavy atom. The van der Waals surface area contributed by atoms with Crippen molar-refractivity contribution in [3.63, 3.8) is 0 Å². The molecule has 0 bridgehead atoms. The second-order valence-corrected chi connectivity index (χ2v) is 4.23. The topological polar surface area (TPSA) is 31.4 Å². The van der Waals surface area contributed by atoms with E-state index in [1.165, 1.54) is 0 Å². The molecule has 0 saturated heterocycles. The number of halogens is 1. The van der Waals surface area contributed by atoms with Crippen LogP contribution in [0.25, 0.3) is 10.9 Å². The standard InChI is InChI=1S/C11H8BrNO2/c12-7-1-2-9-8(5-7)11-10(6-13-9)14-3-4-15-11/h1-2,5-6H,3-4H2. The van der Waals surface area contributed by atoms with Crippen LogP contribution in [0.4, 0.5) is 0 Å². The fourth-order valence-corrected chi connectivity index (χ4v) is 2.03. The number of aromatic nitrogens is 1. The molecule has 3 rings (SSSR count). The zero-order valence-corrected chi connectivity index (χ0v) is 9.45. The number of ether oxygens (including phenoxy) is 2.